The van der Waals surface area contributed by atoms with Gasteiger partial charge in [-0.1, -0.05) is 80.9 Å². The van der Waals surface area contributed by atoms with Gasteiger partial charge in [-0.15, -0.1) is 0 Å². The van der Waals surface area contributed by atoms with E-state index in [2.05, 4.69) is 116 Å². The Kier molecular flexibility index (Phi) is 8.06. The van der Waals surface area contributed by atoms with Crippen LogP contribution in [0.1, 0.15) is 61.6 Å². The minimum absolute atomic E-state index is 0.0421. The van der Waals surface area contributed by atoms with E-state index in [9.17, 15) is 0 Å². The number of hydrogen-bond acceptors (Lipinski definition) is 4. The van der Waals surface area contributed by atoms with Crippen LogP contribution in [-0.2, 0) is 20.1 Å². The summed E-state index contributed by atoms with van der Waals surface area (Å²) in [6.45, 7) is 16.1. The van der Waals surface area contributed by atoms with E-state index >= 15 is 0 Å². The van der Waals surface area contributed by atoms with E-state index in [0.717, 1.165) is 55.5 Å². The molecular formula is C33H44N6. The smallest absolute Gasteiger partial charge is 0.127 e. The van der Waals surface area contributed by atoms with Gasteiger partial charge in [0.25, 0.3) is 0 Å². The van der Waals surface area contributed by atoms with Gasteiger partial charge in [0.05, 0.1) is 17.4 Å². The summed E-state index contributed by atoms with van der Waals surface area (Å²) in [6.07, 6.45) is 3.47. The molecule has 1 N–H and O–H groups in total. The third-order valence-electron chi connectivity index (χ3n) is 7.93. The third kappa shape index (κ3) is 6.51. The first-order valence-electron chi connectivity index (χ1n) is 14.3. The van der Waals surface area contributed by atoms with Crippen molar-refractivity contribution in [1.82, 2.24) is 29.5 Å². The summed E-state index contributed by atoms with van der Waals surface area (Å²) in [7, 11) is 2.03. The third-order valence-corrected chi connectivity index (χ3v) is 7.93. The lowest BCUT2D eigenvalue weighted by molar-refractivity contribution is 0.0673. The predicted molar refractivity (Wildman–Crippen MR) is 159 cm³/mol. The van der Waals surface area contributed by atoms with Gasteiger partial charge in [-0.25, -0.2) is 4.98 Å². The van der Waals surface area contributed by atoms with Crippen molar-refractivity contribution in [2.75, 3.05) is 19.6 Å². The zero-order valence-electron chi connectivity index (χ0n) is 24.5. The maximum absolute atomic E-state index is 5.41. The fourth-order valence-corrected chi connectivity index (χ4v) is 6.01. The van der Waals surface area contributed by atoms with Gasteiger partial charge in [-0.05, 0) is 56.3 Å². The van der Waals surface area contributed by atoms with Crippen LogP contribution in [0.2, 0.25) is 0 Å². The Bertz CT molecular complexity index is 1350. The molecule has 0 radical (unpaired) electrons. The highest BCUT2D eigenvalue weighted by atomic mass is 15.3. The Hall–Kier alpha value is -3.22. The lowest BCUT2D eigenvalue weighted by Crippen LogP contribution is -2.41. The fraction of sp³-hybridized carbons (Fsp3) is 0.455. The number of hydrogen-bond donors (Lipinski definition) is 1. The maximum atomic E-state index is 5.41. The molecule has 0 spiro atoms. The number of aryl methyl sites for hydroxylation is 3. The number of nitrogens with zero attached hydrogens (tertiary/aromatic N) is 5. The monoisotopic (exact) mass is 524 g/mol. The van der Waals surface area contributed by atoms with Crippen molar-refractivity contribution in [1.29, 1.82) is 0 Å². The van der Waals surface area contributed by atoms with Gasteiger partial charge in [-0.3, -0.25) is 9.58 Å². The Balaban J connectivity index is 1.61. The second-order valence-corrected chi connectivity index (χ2v) is 12.4. The predicted octanol–water partition coefficient (Wildman–Crippen LogP) is 6.15. The molecule has 2 aromatic heterocycles. The highest BCUT2D eigenvalue weighted by Crippen LogP contribution is 2.40. The molecule has 1 fully saturated rings. The van der Waals surface area contributed by atoms with Crippen molar-refractivity contribution in [3.05, 3.63) is 95.2 Å². The molecule has 6 nitrogen and oxygen atoms in total. The summed E-state index contributed by atoms with van der Waals surface area (Å²) in [5.41, 5.74) is 7.03. The normalized spacial score (nSPS) is 16.7. The Morgan fingerprint density at radius 1 is 1.05 bits per heavy atom. The molecule has 6 heteroatoms. The van der Waals surface area contributed by atoms with Crippen molar-refractivity contribution in [3.63, 3.8) is 0 Å². The molecule has 0 aliphatic carbocycles. The molecule has 3 heterocycles. The van der Waals surface area contributed by atoms with Crippen molar-refractivity contribution in [2.24, 2.45) is 18.4 Å². The van der Waals surface area contributed by atoms with Gasteiger partial charge in [0.1, 0.15) is 5.82 Å². The number of benzene rings is 2. The summed E-state index contributed by atoms with van der Waals surface area (Å²) in [5.74, 6) is 1.75. The van der Waals surface area contributed by atoms with Crippen molar-refractivity contribution >= 4 is 0 Å². The van der Waals surface area contributed by atoms with Gasteiger partial charge in [0.15, 0.2) is 0 Å². The van der Waals surface area contributed by atoms with E-state index in [1.54, 1.807) is 0 Å². The molecule has 5 rings (SSSR count). The topological polar surface area (TPSA) is 50.9 Å². The number of nitrogens with one attached hydrogen (secondary N) is 1. The van der Waals surface area contributed by atoms with Crippen LogP contribution < -0.4 is 5.32 Å². The molecule has 1 unspecified atom stereocenters. The molecule has 39 heavy (non-hydrogen) atoms. The molecule has 206 valence electrons. The summed E-state index contributed by atoms with van der Waals surface area (Å²) in [6, 6.07) is 21.8. The lowest BCUT2D eigenvalue weighted by Gasteiger charge is -2.41. The minimum atomic E-state index is -0.0421. The van der Waals surface area contributed by atoms with E-state index in [0.29, 0.717) is 5.92 Å². The second kappa shape index (κ2) is 11.5. The molecule has 0 amide bonds. The second-order valence-electron chi connectivity index (χ2n) is 12.4. The molecule has 2 aromatic carbocycles. The summed E-state index contributed by atoms with van der Waals surface area (Å²) < 4.78 is 4.39. The molecule has 4 aromatic rings. The van der Waals surface area contributed by atoms with Crippen molar-refractivity contribution < 1.29 is 0 Å². The average molecular weight is 525 g/mol. The lowest BCUT2D eigenvalue weighted by atomic mass is 9.84. The van der Waals surface area contributed by atoms with Gasteiger partial charge in [-0.2, -0.15) is 5.10 Å². The molecule has 2 atom stereocenters. The highest BCUT2D eigenvalue weighted by molar-refractivity contribution is 5.58. The van der Waals surface area contributed by atoms with Crippen LogP contribution in [-0.4, -0.2) is 43.9 Å². The van der Waals surface area contributed by atoms with E-state index in [1.165, 1.54) is 23.2 Å². The van der Waals surface area contributed by atoms with E-state index < -0.39 is 0 Å². The van der Waals surface area contributed by atoms with Gasteiger partial charge >= 0.3 is 0 Å². The first-order valence-corrected chi connectivity index (χ1v) is 14.3. The minimum Gasteiger partial charge on any atom is -0.329 e. The van der Waals surface area contributed by atoms with E-state index in [1.807, 2.05) is 11.7 Å². The molecule has 0 bridgehead atoms. The summed E-state index contributed by atoms with van der Waals surface area (Å²) >= 11 is 0. The summed E-state index contributed by atoms with van der Waals surface area (Å²) in [5, 5.41) is 8.45. The molecule has 1 aliphatic rings. The zero-order valence-corrected chi connectivity index (χ0v) is 24.5. The Labute approximate surface area is 234 Å². The van der Waals surface area contributed by atoms with Gasteiger partial charge in [0, 0.05) is 44.1 Å². The fourth-order valence-electron chi connectivity index (χ4n) is 6.01. The number of imidazole rings is 1. The van der Waals surface area contributed by atoms with Crippen LogP contribution >= 0.6 is 0 Å². The first-order chi connectivity index (χ1) is 18.7. The first kappa shape index (κ1) is 27.4. The molecule has 1 aliphatic heterocycles. The largest absolute Gasteiger partial charge is 0.329 e. The highest BCUT2D eigenvalue weighted by Gasteiger charge is 2.37. The van der Waals surface area contributed by atoms with Gasteiger partial charge in [0.2, 0.25) is 0 Å². The maximum Gasteiger partial charge on any atom is 0.127 e. The number of rotatable bonds is 9. The van der Waals surface area contributed by atoms with Crippen LogP contribution in [0.5, 0.6) is 0 Å². The summed E-state index contributed by atoms with van der Waals surface area (Å²) in [4.78, 5) is 8.06. The Morgan fingerprint density at radius 2 is 1.85 bits per heavy atom. The SMILES string of the molecule is Cc1cccc(Cn2cc(-c3ccccc3)nc2[C@H](N(Cc2cc(C)n(C)n2)CC2CCNC2)C(C)(C)C)c1. The van der Waals surface area contributed by atoms with Crippen LogP contribution in [0.25, 0.3) is 11.3 Å². The van der Waals surface area contributed by atoms with E-state index in [-0.39, 0.29) is 11.5 Å². The average Bonchev–Trinajstić information content (AvgIpc) is 3.61. The zero-order chi connectivity index (χ0) is 27.6. The van der Waals surface area contributed by atoms with E-state index in [4.69, 9.17) is 10.1 Å². The van der Waals surface area contributed by atoms with Crippen molar-refractivity contribution in [3.8, 4) is 11.3 Å². The number of aromatic nitrogens is 4. The van der Waals surface area contributed by atoms with Crippen LogP contribution in [0.15, 0.2) is 66.9 Å². The molecule has 0 saturated carbocycles. The van der Waals surface area contributed by atoms with Crippen molar-refractivity contribution in [2.45, 2.75) is 60.2 Å². The van der Waals surface area contributed by atoms with Crippen LogP contribution in [0, 0.1) is 25.2 Å². The Morgan fingerprint density at radius 3 is 2.49 bits per heavy atom. The van der Waals surface area contributed by atoms with Gasteiger partial charge < -0.3 is 9.88 Å². The molecular weight excluding hydrogens is 480 g/mol. The molecule has 1 saturated heterocycles. The van der Waals surface area contributed by atoms with Crippen LogP contribution in [0.3, 0.4) is 0 Å². The standard InChI is InChI=1S/C33H44N6/c1-24-11-10-12-26(17-24)20-39-23-30(28-13-8-7-9-14-28)35-32(39)31(33(3,4)5)38(21-27-15-16-34-19-27)22-29-18-25(2)37(6)36-29/h7-14,17-18,23,27,31,34H,15-16,19-22H2,1-6H3/t27?,31-/m0/s1. The van der Waals surface area contributed by atoms with Crippen LogP contribution in [0.4, 0.5) is 0 Å². The quantitative estimate of drug-likeness (QED) is 0.285.